The van der Waals surface area contributed by atoms with Gasteiger partial charge >= 0.3 is 0 Å². The van der Waals surface area contributed by atoms with E-state index < -0.39 is 23.3 Å². The van der Waals surface area contributed by atoms with Crippen molar-refractivity contribution in [3.05, 3.63) is 191 Å². The average molecular weight is 998 g/mol. The standard InChI is InChI=1S/C31H31F2NO2.C30H29F2NO2.ClH/c1-35-26-11-14-27-23(20-26)7-12-28(29-13-8-24(32)21-31(29)33)30(27)19-22-5-9-25(10-6-22)36-18-17-34-15-3-2-4-16-34;31-23-7-12-28(30(32)20-23)27-11-6-22-19-24(34)8-13-26(22)29(27)18-21-4-9-25(10-5-21)35-17-16-33-14-2-1-3-15-33;/h5-14,20-21H,2-4,15-19H2,1H3;4-13,19-20,34H,1-3,14-18H2;1H. The van der Waals surface area contributed by atoms with Crippen LogP contribution in [-0.4, -0.2) is 74.5 Å². The quantitative estimate of drug-likeness (QED) is 0.103. The highest BCUT2D eigenvalue weighted by Gasteiger charge is 2.18. The Labute approximate surface area is 426 Å². The van der Waals surface area contributed by atoms with Crippen LogP contribution in [-0.2, 0) is 12.8 Å². The van der Waals surface area contributed by atoms with Gasteiger partial charge in [0.25, 0.3) is 0 Å². The van der Waals surface area contributed by atoms with Crippen molar-refractivity contribution in [1.82, 2.24) is 9.80 Å². The fourth-order valence-electron chi connectivity index (χ4n) is 9.95. The van der Waals surface area contributed by atoms with Gasteiger partial charge in [-0.1, -0.05) is 73.5 Å². The summed E-state index contributed by atoms with van der Waals surface area (Å²) in [5.41, 5.74) is 6.26. The van der Waals surface area contributed by atoms with Crippen LogP contribution in [0.15, 0.2) is 146 Å². The van der Waals surface area contributed by atoms with E-state index in [4.69, 9.17) is 14.2 Å². The maximum absolute atomic E-state index is 14.8. The number of benzene rings is 8. The van der Waals surface area contributed by atoms with Gasteiger partial charge in [-0.3, -0.25) is 9.80 Å². The van der Waals surface area contributed by atoms with Crippen molar-refractivity contribution in [3.8, 4) is 45.3 Å². The summed E-state index contributed by atoms with van der Waals surface area (Å²) in [4.78, 5) is 4.91. The number of hydrogen-bond acceptors (Lipinski definition) is 6. The van der Waals surface area contributed by atoms with Crippen molar-refractivity contribution < 1.29 is 36.9 Å². The van der Waals surface area contributed by atoms with Gasteiger partial charge in [0.05, 0.1) is 7.11 Å². The minimum absolute atomic E-state index is 0. The van der Waals surface area contributed by atoms with E-state index in [0.717, 1.165) is 118 Å². The van der Waals surface area contributed by atoms with Crippen molar-refractivity contribution in [2.24, 2.45) is 0 Å². The largest absolute Gasteiger partial charge is 0.508 e. The van der Waals surface area contributed by atoms with Crippen molar-refractivity contribution in [3.63, 3.8) is 0 Å². The van der Waals surface area contributed by atoms with Crippen LogP contribution in [0.5, 0.6) is 23.0 Å². The van der Waals surface area contributed by atoms with E-state index in [0.29, 0.717) is 42.7 Å². The lowest BCUT2D eigenvalue weighted by molar-refractivity contribution is 0.183. The van der Waals surface area contributed by atoms with E-state index in [2.05, 4.69) is 21.9 Å². The van der Waals surface area contributed by atoms with Gasteiger partial charge in [-0.05, 0) is 192 Å². The van der Waals surface area contributed by atoms with Crippen LogP contribution in [0.4, 0.5) is 17.6 Å². The molecule has 2 aliphatic heterocycles. The molecule has 2 aliphatic rings. The maximum atomic E-state index is 14.8. The monoisotopic (exact) mass is 996 g/mol. The predicted molar refractivity (Wildman–Crippen MR) is 284 cm³/mol. The van der Waals surface area contributed by atoms with Gasteiger partial charge in [-0.25, -0.2) is 17.6 Å². The Morgan fingerprint density at radius 2 is 0.861 bits per heavy atom. The van der Waals surface area contributed by atoms with Crippen molar-refractivity contribution >= 4 is 34.0 Å². The lowest BCUT2D eigenvalue weighted by atomic mass is 9.90. The smallest absolute Gasteiger partial charge is 0.133 e. The summed E-state index contributed by atoms with van der Waals surface area (Å²) in [5, 5.41) is 13.7. The van der Waals surface area contributed by atoms with Crippen LogP contribution in [0.2, 0.25) is 0 Å². The van der Waals surface area contributed by atoms with Crippen molar-refractivity contribution in [2.45, 2.75) is 51.4 Å². The number of nitrogens with zero attached hydrogens (tertiary/aromatic N) is 2. The zero-order chi connectivity index (χ0) is 49.1. The lowest BCUT2D eigenvalue weighted by Crippen LogP contribution is -2.33. The molecule has 0 atom stereocenters. The third-order valence-electron chi connectivity index (χ3n) is 13.8. The molecule has 11 heteroatoms. The molecule has 0 saturated carbocycles. The average Bonchev–Trinajstić information content (AvgIpc) is 3.38. The zero-order valence-corrected chi connectivity index (χ0v) is 41.5. The van der Waals surface area contributed by atoms with Gasteiger partial charge in [0.15, 0.2) is 0 Å². The molecule has 8 aromatic carbocycles. The number of methoxy groups -OCH3 is 1. The number of likely N-dealkylation sites (tertiary alicyclic amines) is 2. The van der Waals surface area contributed by atoms with E-state index >= 15 is 0 Å². The van der Waals surface area contributed by atoms with E-state index in [1.54, 1.807) is 19.2 Å². The topological polar surface area (TPSA) is 54.4 Å². The molecule has 374 valence electrons. The summed E-state index contributed by atoms with van der Waals surface area (Å²) in [7, 11) is 1.64. The Balaban J connectivity index is 0.000000190. The highest BCUT2D eigenvalue weighted by atomic mass is 35.5. The fourth-order valence-corrected chi connectivity index (χ4v) is 9.95. The van der Waals surface area contributed by atoms with Gasteiger partial charge in [-0.15, -0.1) is 12.4 Å². The second-order valence-corrected chi connectivity index (χ2v) is 18.6. The van der Waals surface area contributed by atoms with Gasteiger partial charge < -0.3 is 19.3 Å². The summed E-state index contributed by atoms with van der Waals surface area (Å²) in [6.07, 6.45) is 8.91. The molecule has 0 aliphatic carbocycles. The molecule has 0 aromatic heterocycles. The fraction of sp³-hybridized carbons (Fsp3) is 0.279. The van der Waals surface area contributed by atoms with Crippen LogP contribution in [0.1, 0.15) is 60.8 Å². The van der Waals surface area contributed by atoms with Crippen LogP contribution in [0.3, 0.4) is 0 Å². The van der Waals surface area contributed by atoms with Crippen LogP contribution < -0.4 is 14.2 Å². The highest BCUT2D eigenvalue weighted by Crippen LogP contribution is 2.37. The highest BCUT2D eigenvalue weighted by molar-refractivity contribution is 5.94. The molecule has 0 spiro atoms. The molecule has 0 bridgehead atoms. The van der Waals surface area contributed by atoms with Crippen LogP contribution in [0, 0.1) is 23.3 Å². The number of phenols is 1. The molecule has 8 aromatic rings. The lowest BCUT2D eigenvalue weighted by Gasteiger charge is -2.26. The van der Waals surface area contributed by atoms with E-state index in [-0.39, 0.29) is 18.2 Å². The SMILES string of the molecule is COc1ccc2c(Cc3ccc(OCCN4CCCCC4)cc3)c(-c3ccc(F)cc3F)ccc2c1.Cl.Oc1ccc2c(Cc3ccc(OCCN4CCCCC4)cc3)c(-c3ccc(F)cc3F)ccc2c1. The molecule has 2 heterocycles. The van der Waals surface area contributed by atoms with E-state index in [1.807, 2.05) is 84.9 Å². The summed E-state index contributed by atoms with van der Waals surface area (Å²) >= 11 is 0. The molecular formula is C61H61ClF4N2O4. The first-order valence-corrected chi connectivity index (χ1v) is 24.8. The molecule has 1 N–H and O–H groups in total. The molecule has 2 fully saturated rings. The van der Waals surface area contributed by atoms with Crippen LogP contribution in [0.25, 0.3) is 43.8 Å². The van der Waals surface area contributed by atoms with Crippen molar-refractivity contribution in [2.75, 3.05) is 59.6 Å². The van der Waals surface area contributed by atoms with E-state index in [9.17, 15) is 22.7 Å². The number of ether oxygens (including phenoxy) is 3. The number of rotatable bonds is 15. The van der Waals surface area contributed by atoms with Gasteiger partial charge in [0.2, 0.25) is 0 Å². The Morgan fingerprint density at radius 3 is 1.31 bits per heavy atom. The Kier molecular flexibility index (Phi) is 17.8. The predicted octanol–water partition coefficient (Wildman–Crippen LogP) is 14.6. The van der Waals surface area contributed by atoms with Crippen molar-refractivity contribution in [1.29, 1.82) is 0 Å². The molecule has 0 amide bonds. The second-order valence-electron chi connectivity index (χ2n) is 18.6. The first kappa shape index (κ1) is 51.8. The number of piperidine rings is 2. The summed E-state index contributed by atoms with van der Waals surface area (Å²) < 4.78 is 74.0. The Morgan fingerprint density at radius 1 is 0.444 bits per heavy atom. The Bertz CT molecular complexity index is 3070. The van der Waals surface area contributed by atoms with Gasteiger partial charge in [0, 0.05) is 36.3 Å². The van der Waals surface area contributed by atoms with Gasteiger partial charge in [-0.2, -0.15) is 0 Å². The minimum atomic E-state index is -0.602. The first-order valence-electron chi connectivity index (χ1n) is 24.8. The summed E-state index contributed by atoms with van der Waals surface area (Å²) in [5.74, 6) is 0.272. The summed E-state index contributed by atoms with van der Waals surface area (Å²) in [6, 6.07) is 42.2. The van der Waals surface area contributed by atoms with Gasteiger partial charge in [0.1, 0.15) is 59.5 Å². The zero-order valence-electron chi connectivity index (χ0n) is 40.7. The molecule has 6 nitrogen and oxygen atoms in total. The number of hydrogen-bond donors (Lipinski definition) is 1. The maximum Gasteiger partial charge on any atom is 0.133 e. The molecular weight excluding hydrogens is 936 g/mol. The molecule has 2 saturated heterocycles. The van der Waals surface area contributed by atoms with Crippen LogP contribution >= 0.6 is 12.4 Å². The summed E-state index contributed by atoms with van der Waals surface area (Å²) in [6.45, 7) is 7.88. The first-order chi connectivity index (χ1) is 34.7. The van der Waals surface area contributed by atoms with E-state index in [1.165, 1.54) is 62.8 Å². The normalized spacial score (nSPS) is 14.1. The molecule has 72 heavy (non-hydrogen) atoms. The number of phenolic OH excluding ortho intramolecular Hbond substituents is 1. The number of halogens is 5. The third kappa shape index (κ3) is 13.1. The third-order valence-corrected chi connectivity index (χ3v) is 13.8. The Hall–Kier alpha value is -6.59. The molecule has 10 rings (SSSR count). The molecule has 0 unspecified atom stereocenters. The minimum Gasteiger partial charge on any atom is -0.508 e. The second kappa shape index (κ2) is 24.7. The number of aromatic hydroxyl groups is 1. The molecule has 0 radical (unpaired) electrons. The number of fused-ring (bicyclic) bond motifs is 2.